The molecule has 8 nitrogen and oxygen atoms in total. The summed E-state index contributed by atoms with van der Waals surface area (Å²) in [6, 6.07) is 16.0. The number of thioether (sulfide) groups is 1. The van der Waals surface area contributed by atoms with E-state index in [1.165, 1.54) is 16.4 Å². The van der Waals surface area contributed by atoms with Crippen molar-refractivity contribution in [2.45, 2.75) is 12.1 Å². The molecule has 0 aliphatic heterocycles. The number of esters is 1. The van der Waals surface area contributed by atoms with E-state index in [9.17, 15) is 9.59 Å². The Kier molecular flexibility index (Phi) is 6.28. The minimum Gasteiger partial charge on any atom is -0.462 e. The van der Waals surface area contributed by atoms with Crippen molar-refractivity contribution in [3.8, 4) is 11.4 Å². The van der Waals surface area contributed by atoms with Gasteiger partial charge >= 0.3 is 5.97 Å². The quantitative estimate of drug-likeness (QED) is 0.358. The van der Waals surface area contributed by atoms with Gasteiger partial charge in [-0.15, -0.1) is 10.2 Å². The Morgan fingerprint density at radius 1 is 1.14 bits per heavy atom. The van der Waals surface area contributed by atoms with E-state index in [-0.39, 0.29) is 18.3 Å². The Morgan fingerprint density at radius 3 is 2.68 bits per heavy atom. The van der Waals surface area contributed by atoms with Crippen molar-refractivity contribution in [1.82, 2.24) is 14.9 Å². The molecule has 3 N–H and O–H groups in total. The van der Waals surface area contributed by atoms with Crippen LogP contribution >= 0.6 is 11.8 Å². The minimum absolute atomic E-state index is 0.0910. The molecule has 0 aliphatic rings. The first-order chi connectivity index (χ1) is 13.6. The van der Waals surface area contributed by atoms with Gasteiger partial charge in [-0.3, -0.25) is 4.79 Å². The molecule has 2 aromatic carbocycles. The molecule has 3 rings (SSSR count). The zero-order chi connectivity index (χ0) is 19.9. The molecule has 0 atom stereocenters. The number of anilines is 1. The number of benzene rings is 2. The Labute approximate surface area is 166 Å². The largest absolute Gasteiger partial charge is 0.462 e. The van der Waals surface area contributed by atoms with Crippen LogP contribution < -0.4 is 11.2 Å². The minimum atomic E-state index is -0.433. The highest BCUT2D eigenvalue weighted by Gasteiger charge is 2.14. The van der Waals surface area contributed by atoms with Gasteiger partial charge < -0.3 is 15.9 Å². The molecule has 1 amide bonds. The van der Waals surface area contributed by atoms with Crippen LogP contribution in [0.3, 0.4) is 0 Å². The zero-order valence-corrected chi connectivity index (χ0v) is 16.0. The van der Waals surface area contributed by atoms with Gasteiger partial charge in [-0.2, -0.15) is 0 Å². The van der Waals surface area contributed by atoms with Crippen molar-refractivity contribution in [3.05, 3.63) is 60.2 Å². The third-order valence-electron chi connectivity index (χ3n) is 3.69. The normalized spacial score (nSPS) is 10.5. The first-order valence-corrected chi connectivity index (χ1v) is 9.52. The Bertz CT molecular complexity index is 975. The standard InChI is InChI=1S/C19H19N5O3S/c1-2-27-18(26)14-9-6-10-15(11-14)21-16(25)12-28-19-23-22-17(24(19)20)13-7-4-3-5-8-13/h3-11H,2,12,20H2,1H3,(H,21,25). The summed E-state index contributed by atoms with van der Waals surface area (Å²) in [6.45, 7) is 2.02. The maximum absolute atomic E-state index is 12.2. The summed E-state index contributed by atoms with van der Waals surface area (Å²) in [6.07, 6.45) is 0. The first kappa shape index (κ1) is 19.4. The van der Waals surface area contributed by atoms with Crippen LogP contribution in [0.25, 0.3) is 11.4 Å². The smallest absolute Gasteiger partial charge is 0.338 e. The topological polar surface area (TPSA) is 112 Å². The Hall–Kier alpha value is -3.33. The maximum Gasteiger partial charge on any atom is 0.338 e. The number of hydrogen-bond acceptors (Lipinski definition) is 7. The van der Waals surface area contributed by atoms with Crippen molar-refractivity contribution >= 4 is 29.3 Å². The molecule has 0 radical (unpaired) electrons. The summed E-state index contributed by atoms with van der Waals surface area (Å²) in [5, 5.41) is 11.3. The summed E-state index contributed by atoms with van der Waals surface area (Å²) in [7, 11) is 0. The highest BCUT2D eigenvalue weighted by molar-refractivity contribution is 7.99. The average Bonchev–Trinajstić information content (AvgIpc) is 3.08. The number of hydrogen-bond donors (Lipinski definition) is 2. The summed E-state index contributed by atoms with van der Waals surface area (Å²) < 4.78 is 6.31. The van der Waals surface area contributed by atoms with Crippen LogP contribution in [-0.2, 0) is 9.53 Å². The lowest BCUT2D eigenvalue weighted by atomic mass is 10.2. The van der Waals surface area contributed by atoms with E-state index in [0.717, 1.165) is 5.56 Å². The molecule has 0 saturated heterocycles. The number of carbonyl (C=O) groups excluding carboxylic acids is 2. The second-order valence-corrected chi connectivity index (χ2v) is 6.62. The number of rotatable bonds is 7. The van der Waals surface area contributed by atoms with Crippen LogP contribution in [0.1, 0.15) is 17.3 Å². The van der Waals surface area contributed by atoms with E-state index >= 15 is 0 Å². The van der Waals surface area contributed by atoms with Gasteiger partial charge in [0, 0.05) is 11.3 Å². The average molecular weight is 397 g/mol. The molecule has 0 fully saturated rings. The van der Waals surface area contributed by atoms with Gasteiger partial charge in [-0.1, -0.05) is 48.2 Å². The third-order valence-corrected chi connectivity index (χ3v) is 4.63. The van der Waals surface area contributed by atoms with Crippen molar-refractivity contribution in [2.24, 2.45) is 0 Å². The van der Waals surface area contributed by atoms with Crippen LogP contribution in [-0.4, -0.2) is 39.1 Å². The van der Waals surface area contributed by atoms with Crippen LogP contribution in [0.4, 0.5) is 5.69 Å². The van der Waals surface area contributed by atoms with Crippen LogP contribution in [0.15, 0.2) is 59.8 Å². The van der Waals surface area contributed by atoms with Crippen LogP contribution in [0.2, 0.25) is 0 Å². The number of carbonyl (C=O) groups is 2. The number of nitrogens with one attached hydrogen (secondary N) is 1. The van der Waals surface area contributed by atoms with E-state index < -0.39 is 5.97 Å². The molecule has 9 heteroatoms. The Balaban J connectivity index is 1.60. The van der Waals surface area contributed by atoms with E-state index in [1.54, 1.807) is 31.2 Å². The second kappa shape index (κ2) is 9.05. The van der Waals surface area contributed by atoms with Gasteiger partial charge in [0.25, 0.3) is 0 Å². The number of aromatic nitrogens is 3. The fourth-order valence-corrected chi connectivity index (χ4v) is 3.08. The van der Waals surface area contributed by atoms with E-state index in [1.807, 2.05) is 30.3 Å². The number of nitrogen functional groups attached to an aromatic ring is 1. The highest BCUT2D eigenvalue weighted by atomic mass is 32.2. The lowest BCUT2D eigenvalue weighted by Gasteiger charge is -2.07. The first-order valence-electron chi connectivity index (χ1n) is 8.54. The number of ether oxygens (including phenoxy) is 1. The van der Waals surface area contributed by atoms with Crippen LogP contribution in [0, 0.1) is 0 Å². The molecular formula is C19H19N5O3S. The summed E-state index contributed by atoms with van der Waals surface area (Å²) in [4.78, 5) is 24.0. The van der Waals surface area contributed by atoms with Crippen molar-refractivity contribution in [2.75, 3.05) is 23.5 Å². The molecule has 144 valence electrons. The monoisotopic (exact) mass is 397 g/mol. The predicted molar refractivity (Wildman–Crippen MR) is 107 cm³/mol. The van der Waals surface area contributed by atoms with E-state index in [4.69, 9.17) is 10.6 Å². The fraction of sp³-hybridized carbons (Fsp3) is 0.158. The highest BCUT2D eigenvalue weighted by Crippen LogP contribution is 2.21. The van der Waals surface area contributed by atoms with Gasteiger partial charge in [0.15, 0.2) is 5.82 Å². The van der Waals surface area contributed by atoms with Crippen molar-refractivity contribution in [1.29, 1.82) is 0 Å². The SMILES string of the molecule is CCOC(=O)c1cccc(NC(=O)CSc2nnc(-c3ccccc3)n2N)c1. The molecule has 3 aromatic rings. The zero-order valence-electron chi connectivity index (χ0n) is 15.2. The van der Waals surface area contributed by atoms with Gasteiger partial charge in [0.1, 0.15) is 0 Å². The van der Waals surface area contributed by atoms with Crippen molar-refractivity contribution in [3.63, 3.8) is 0 Å². The van der Waals surface area contributed by atoms with E-state index in [0.29, 0.717) is 22.2 Å². The molecule has 0 bridgehead atoms. The lowest BCUT2D eigenvalue weighted by Crippen LogP contribution is -2.16. The molecule has 1 heterocycles. The van der Waals surface area contributed by atoms with Gasteiger partial charge in [-0.25, -0.2) is 9.47 Å². The van der Waals surface area contributed by atoms with Gasteiger partial charge in [0.2, 0.25) is 11.1 Å². The number of amides is 1. The molecule has 28 heavy (non-hydrogen) atoms. The fourth-order valence-electron chi connectivity index (χ4n) is 2.43. The number of nitrogens with two attached hydrogens (primary N) is 1. The molecule has 0 spiro atoms. The predicted octanol–water partition coefficient (Wildman–Crippen LogP) is 2.57. The van der Waals surface area contributed by atoms with E-state index in [2.05, 4.69) is 15.5 Å². The van der Waals surface area contributed by atoms with Crippen molar-refractivity contribution < 1.29 is 14.3 Å². The molecule has 0 unspecified atom stereocenters. The maximum atomic E-state index is 12.2. The second-order valence-electron chi connectivity index (χ2n) is 5.68. The molecular weight excluding hydrogens is 378 g/mol. The molecule has 0 saturated carbocycles. The molecule has 1 aromatic heterocycles. The summed E-state index contributed by atoms with van der Waals surface area (Å²) >= 11 is 1.17. The molecule has 0 aliphatic carbocycles. The van der Waals surface area contributed by atoms with Gasteiger partial charge in [-0.05, 0) is 25.1 Å². The van der Waals surface area contributed by atoms with Crippen LogP contribution in [0.5, 0.6) is 0 Å². The summed E-state index contributed by atoms with van der Waals surface area (Å²) in [5.41, 5.74) is 1.72. The van der Waals surface area contributed by atoms with Gasteiger partial charge in [0.05, 0.1) is 17.9 Å². The Morgan fingerprint density at radius 2 is 1.93 bits per heavy atom. The lowest BCUT2D eigenvalue weighted by molar-refractivity contribution is -0.113. The third kappa shape index (κ3) is 4.68. The number of nitrogens with zero attached hydrogens (tertiary/aromatic N) is 3. The summed E-state index contributed by atoms with van der Waals surface area (Å²) in [5.74, 6) is 5.97.